The average molecular weight is 574 g/mol. The molecule has 0 saturated carbocycles. The van der Waals surface area contributed by atoms with Crippen molar-refractivity contribution in [1.29, 1.82) is 0 Å². The number of halogens is 3. The van der Waals surface area contributed by atoms with E-state index in [0.717, 1.165) is 12.1 Å². The maximum atomic E-state index is 13.7. The number of hydrogen-bond donors (Lipinski definition) is 0. The molecule has 3 aromatic rings. The van der Waals surface area contributed by atoms with Crippen LogP contribution in [0.2, 0.25) is 0 Å². The van der Waals surface area contributed by atoms with E-state index in [1.165, 1.54) is 27.4 Å². The minimum absolute atomic E-state index is 0.00955. The van der Waals surface area contributed by atoms with Crippen LogP contribution < -0.4 is 14.5 Å². The number of hydrogen-bond acceptors (Lipinski definition) is 6. The Morgan fingerprint density at radius 1 is 0.950 bits per heavy atom. The Balaban J connectivity index is 1.36. The average Bonchev–Trinajstić information content (AvgIpc) is 2.94. The number of anilines is 2. The molecular weight excluding hydrogens is 547 g/mol. The number of carbonyl (C=O) groups excluding carboxylic acids is 2. The Hall–Kier alpha value is -3.90. The van der Waals surface area contributed by atoms with E-state index in [-0.39, 0.29) is 55.7 Å². The summed E-state index contributed by atoms with van der Waals surface area (Å²) in [7, 11) is -4.00. The highest BCUT2D eigenvalue weighted by Gasteiger charge is 2.35. The summed E-state index contributed by atoms with van der Waals surface area (Å²) in [5.41, 5.74) is 0.877. The summed E-state index contributed by atoms with van der Waals surface area (Å²) in [6.45, 7) is 1.89. The molecular formula is C28H26F3N3O5S. The number of Topliss-reactive ketones (excluding diaryl/α,β-unsaturated/α-hetero) is 1. The maximum Gasteiger partial charge on any atom is 0.416 e. The van der Waals surface area contributed by atoms with Gasteiger partial charge in [-0.1, -0.05) is 30.3 Å². The standard InChI is InChI=1S/C28H26F3N3O5S/c1-19-15-25-23(34(27(36)18-39-25)17-24(35)20-5-3-2-4-6-20)16-26(19)40(37,38)33-13-11-32(12-14-33)22-9-7-21(8-10-22)28(29,30)31/h2-10,15-16H,11-14,17-18H2,1H3. The van der Waals surface area contributed by atoms with Crippen LogP contribution in [0.15, 0.2) is 71.6 Å². The van der Waals surface area contributed by atoms with Crippen molar-refractivity contribution in [3.8, 4) is 5.75 Å². The molecule has 2 aliphatic heterocycles. The van der Waals surface area contributed by atoms with Gasteiger partial charge in [-0.05, 0) is 48.9 Å². The van der Waals surface area contributed by atoms with E-state index in [2.05, 4.69) is 0 Å². The third kappa shape index (κ3) is 5.41. The summed E-state index contributed by atoms with van der Waals surface area (Å²) < 4.78 is 72.9. The van der Waals surface area contributed by atoms with Crippen LogP contribution in [0.5, 0.6) is 5.75 Å². The number of aryl methyl sites for hydroxylation is 1. The van der Waals surface area contributed by atoms with Crippen LogP contribution in [0, 0.1) is 6.92 Å². The number of ether oxygens (including phenoxy) is 1. The zero-order valence-electron chi connectivity index (χ0n) is 21.5. The van der Waals surface area contributed by atoms with Gasteiger partial charge in [0, 0.05) is 37.4 Å². The summed E-state index contributed by atoms with van der Waals surface area (Å²) in [5.74, 6) is -0.454. The van der Waals surface area contributed by atoms with Crippen molar-refractivity contribution in [3.63, 3.8) is 0 Å². The highest BCUT2D eigenvalue weighted by atomic mass is 32.2. The molecule has 0 atom stereocenters. The van der Waals surface area contributed by atoms with Crippen LogP contribution in [-0.2, 0) is 21.0 Å². The van der Waals surface area contributed by atoms with Crippen LogP contribution in [0.25, 0.3) is 0 Å². The maximum absolute atomic E-state index is 13.7. The highest BCUT2D eigenvalue weighted by molar-refractivity contribution is 7.89. The van der Waals surface area contributed by atoms with Gasteiger partial charge < -0.3 is 9.64 Å². The summed E-state index contributed by atoms with van der Waals surface area (Å²) in [4.78, 5) is 28.7. The largest absolute Gasteiger partial charge is 0.482 e. The Labute approximate surface area is 229 Å². The predicted octanol–water partition coefficient (Wildman–Crippen LogP) is 4.13. The number of rotatable bonds is 6. The van der Waals surface area contributed by atoms with Crippen molar-refractivity contribution < 1.29 is 35.9 Å². The first-order chi connectivity index (χ1) is 18.9. The van der Waals surface area contributed by atoms with Gasteiger partial charge in [-0.2, -0.15) is 17.5 Å². The summed E-state index contributed by atoms with van der Waals surface area (Å²) in [5, 5.41) is 0. The van der Waals surface area contributed by atoms with Gasteiger partial charge in [-0.3, -0.25) is 14.5 Å². The van der Waals surface area contributed by atoms with Crippen LogP contribution in [0.1, 0.15) is 21.5 Å². The topological polar surface area (TPSA) is 87.2 Å². The number of ketones is 1. The van der Waals surface area contributed by atoms with E-state index >= 15 is 0 Å². The van der Waals surface area contributed by atoms with E-state index in [1.807, 2.05) is 4.90 Å². The summed E-state index contributed by atoms with van der Waals surface area (Å²) >= 11 is 0. The second-order valence-corrected chi connectivity index (χ2v) is 11.5. The predicted molar refractivity (Wildman–Crippen MR) is 142 cm³/mol. The molecule has 0 N–H and O–H groups in total. The molecule has 0 radical (unpaired) electrons. The van der Waals surface area contributed by atoms with E-state index < -0.39 is 27.7 Å². The molecule has 1 amide bonds. The quantitative estimate of drug-likeness (QED) is 0.412. The molecule has 2 aliphatic rings. The first-order valence-corrected chi connectivity index (χ1v) is 14.0. The zero-order valence-corrected chi connectivity index (χ0v) is 22.3. The third-order valence-electron chi connectivity index (χ3n) is 7.01. The Kier molecular flexibility index (Phi) is 7.32. The van der Waals surface area contributed by atoms with Crippen molar-refractivity contribution in [2.45, 2.75) is 18.0 Å². The molecule has 210 valence electrons. The van der Waals surface area contributed by atoms with Crippen molar-refractivity contribution in [2.75, 3.05) is 49.1 Å². The Morgan fingerprint density at radius 3 is 2.23 bits per heavy atom. The Morgan fingerprint density at radius 2 is 1.60 bits per heavy atom. The van der Waals surface area contributed by atoms with Gasteiger partial charge in [0.1, 0.15) is 5.75 Å². The lowest BCUT2D eigenvalue weighted by atomic mass is 10.1. The molecule has 1 saturated heterocycles. The zero-order chi connectivity index (χ0) is 28.7. The normalized spacial score (nSPS) is 16.4. The number of sulfonamides is 1. The molecule has 0 bridgehead atoms. The van der Waals surface area contributed by atoms with E-state index in [4.69, 9.17) is 4.74 Å². The molecule has 1 fully saturated rings. The van der Waals surface area contributed by atoms with Crippen molar-refractivity contribution in [1.82, 2.24) is 4.31 Å². The molecule has 40 heavy (non-hydrogen) atoms. The molecule has 0 aliphatic carbocycles. The van der Waals surface area contributed by atoms with Crippen molar-refractivity contribution >= 4 is 33.1 Å². The Bertz CT molecular complexity index is 1540. The van der Waals surface area contributed by atoms with Gasteiger partial charge in [-0.15, -0.1) is 0 Å². The fourth-order valence-corrected chi connectivity index (χ4v) is 6.47. The summed E-state index contributed by atoms with van der Waals surface area (Å²) in [6.07, 6.45) is -4.43. The van der Waals surface area contributed by atoms with E-state index in [9.17, 15) is 31.2 Å². The van der Waals surface area contributed by atoms with Gasteiger partial charge in [0.2, 0.25) is 10.0 Å². The number of nitrogens with zero attached hydrogens (tertiary/aromatic N) is 3. The number of alkyl halides is 3. The molecule has 8 nitrogen and oxygen atoms in total. The first kappa shape index (κ1) is 27.7. The number of amides is 1. The molecule has 5 rings (SSSR count). The molecule has 2 heterocycles. The molecule has 0 unspecified atom stereocenters. The van der Waals surface area contributed by atoms with E-state index in [1.54, 1.807) is 43.3 Å². The van der Waals surface area contributed by atoms with Crippen molar-refractivity contribution in [2.24, 2.45) is 0 Å². The van der Waals surface area contributed by atoms with E-state index in [0.29, 0.717) is 22.6 Å². The number of piperazine rings is 1. The highest BCUT2D eigenvalue weighted by Crippen LogP contribution is 2.38. The lowest BCUT2D eigenvalue weighted by Crippen LogP contribution is -2.49. The number of carbonyl (C=O) groups is 2. The van der Waals surface area contributed by atoms with Crippen molar-refractivity contribution in [3.05, 3.63) is 83.4 Å². The van der Waals surface area contributed by atoms with Gasteiger partial charge in [0.25, 0.3) is 5.91 Å². The molecule has 12 heteroatoms. The number of benzene rings is 3. The summed E-state index contributed by atoms with van der Waals surface area (Å²) in [6, 6.07) is 16.2. The first-order valence-electron chi connectivity index (χ1n) is 12.5. The lowest BCUT2D eigenvalue weighted by molar-refractivity contribution is -0.137. The molecule has 0 aromatic heterocycles. The molecule has 3 aromatic carbocycles. The minimum atomic E-state index is -4.43. The van der Waals surface area contributed by atoms with Gasteiger partial charge in [0.05, 0.1) is 22.7 Å². The minimum Gasteiger partial charge on any atom is -0.482 e. The number of fused-ring (bicyclic) bond motifs is 1. The second-order valence-electron chi connectivity index (χ2n) is 9.58. The van der Waals surface area contributed by atoms with Crippen LogP contribution >= 0.6 is 0 Å². The lowest BCUT2D eigenvalue weighted by Gasteiger charge is -2.36. The monoisotopic (exact) mass is 573 g/mol. The second kappa shape index (κ2) is 10.6. The van der Waals surface area contributed by atoms with Crippen LogP contribution in [0.3, 0.4) is 0 Å². The van der Waals surface area contributed by atoms with Gasteiger partial charge >= 0.3 is 6.18 Å². The van der Waals surface area contributed by atoms with Crippen LogP contribution in [-0.4, -0.2) is 63.7 Å². The molecule has 0 spiro atoms. The SMILES string of the molecule is Cc1cc2c(cc1S(=O)(=O)N1CCN(c3ccc(C(F)(F)F)cc3)CC1)N(CC(=O)c1ccccc1)C(=O)CO2. The van der Waals surface area contributed by atoms with Gasteiger partial charge in [-0.25, -0.2) is 8.42 Å². The smallest absolute Gasteiger partial charge is 0.416 e. The fraction of sp³-hybridized carbons (Fsp3) is 0.286. The van der Waals surface area contributed by atoms with Crippen LogP contribution in [0.4, 0.5) is 24.5 Å². The van der Waals surface area contributed by atoms with Gasteiger partial charge in [0.15, 0.2) is 12.4 Å². The third-order valence-corrected chi connectivity index (χ3v) is 9.05. The fourth-order valence-electron chi connectivity index (χ4n) is 4.83.